The van der Waals surface area contributed by atoms with E-state index in [9.17, 15) is 4.79 Å². The van der Waals surface area contributed by atoms with Crippen LogP contribution < -0.4 is 5.56 Å². The van der Waals surface area contributed by atoms with Crippen molar-refractivity contribution in [2.45, 2.75) is 39.7 Å². The van der Waals surface area contributed by atoms with Crippen molar-refractivity contribution in [3.05, 3.63) is 74.6 Å². The van der Waals surface area contributed by atoms with Gasteiger partial charge in [-0.3, -0.25) is 9.36 Å². The van der Waals surface area contributed by atoms with Gasteiger partial charge in [0.05, 0.1) is 11.5 Å². The van der Waals surface area contributed by atoms with E-state index >= 15 is 0 Å². The van der Waals surface area contributed by atoms with Crippen molar-refractivity contribution in [3.8, 4) is 6.07 Å². The minimum absolute atomic E-state index is 0.0139. The molecule has 0 fully saturated rings. The first-order valence-corrected chi connectivity index (χ1v) is 10.2. The molecule has 4 nitrogen and oxygen atoms in total. The predicted octanol–water partition coefficient (Wildman–Crippen LogP) is 5.12. The molecule has 4 rings (SSSR count). The average molecular weight is 388 g/mol. The Balaban J connectivity index is 1.88. The summed E-state index contributed by atoms with van der Waals surface area (Å²) in [6, 6.07) is 16.7. The maximum absolute atomic E-state index is 13.3. The van der Waals surface area contributed by atoms with Crippen LogP contribution in [0, 0.1) is 25.2 Å². The molecule has 28 heavy (non-hydrogen) atoms. The minimum Gasteiger partial charge on any atom is -0.296 e. The average Bonchev–Trinajstić information content (AvgIpc) is 2.98. The van der Waals surface area contributed by atoms with Gasteiger partial charge in [0, 0.05) is 24.3 Å². The Kier molecular flexibility index (Phi) is 4.97. The summed E-state index contributed by atoms with van der Waals surface area (Å²) in [5.41, 5.74) is 2.19. The van der Waals surface area contributed by atoms with Crippen molar-refractivity contribution in [1.82, 2.24) is 9.55 Å². The Labute approximate surface area is 167 Å². The SMILES string of the molecule is Cc1sc2nc(Cc3cccc4ccccc34)n(CCCC#N)c(=O)c2c1C. The standard InChI is InChI=1S/C23H21N3OS/c1-15-16(2)28-22-21(15)23(27)26(13-6-5-12-24)20(25-22)14-18-10-7-9-17-8-3-4-11-19(17)18/h3-4,7-11H,5-6,13-14H2,1-2H3. The molecule has 0 aliphatic heterocycles. The second-order valence-electron chi connectivity index (χ2n) is 7.02. The molecule has 0 saturated heterocycles. The van der Waals surface area contributed by atoms with Crippen molar-refractivity contribution >= 4 is 32.3 Å². The summed E-state index contributed by atoms with van der Waals surface area (Å²) in [5, 5.41) is 12.0. The van der Waals surface area contributed by atoms with Crippen LogP contribution in [-0.2, 0) is 13.0 Å². The van der Waals surface area contributed by atoms with E-state index in [1.165, 1.54) is 10.8 Å². The van der Waals surface area contributed by atoms with E-state index < -0.39 is 0 Å². The molecule has 0 saturated carbocycles. The third-order valence-electron chi connectivity index (χ3n) is 5.27. The maximum Gasteiger partial charge on any atom is 0.262 e. The number of benzene rings is 2. The lowest BCUT2D eigenvalue weighted by molar-refractivity contribution is 0.598. The number of thiophene rings is 1. The number of nitriles is 1. The Bertz CT molecular complexity index is 1270. The van der Waals surface area contributed by atoms with Gasteiger partial charge in [0.25, 0.3) is 5.56 Å². The number of fused-ring (bicyclic) bond motifs is 2. The second-order valence-corrected chi connectivity index (χ2v) is 8.23. The Morgan fingerprint density at radius 1 is 1.14 bits per heavy atom. The third-order valence-corrected chi connectivity index (χ3v) is 6.37. The van der Waals surface area contributed by atoms with Crippen LogP contribution in [0.2, 0.25) is 0 Å². The lowest BCUT2D eigenvalue weighted by atomic mass is 10.0. The summed E-state index contributed by atoms with van der Waals surface area (Å²) in [7, 11) is 0. The molecule has 0 atom stereocenters. The highest BCUT2D eigenvalue weighted by Gasteiger charge is 2.17. The molecule has 0 N–H and O–H groups in total. The van der Waals surface area contributed by atoms with Crippen molar-refractivity contribution in [3.63, 3.8) is 0 Å². The number of aromatic nitrogens is 2. The first kappa shape index (κ1) is 18.4. The zero-order chi connectivity index (χ0) is 19.7. The topological polar surface area (TPSA) is 58.7 Å². The fourth-order valence-electron chi connectivity index (χ4n) is 3.67. The monoisotopic (exact) mass is 387 g/mol. The van der Waals surface area contributed by atoms with Crippen molar-refractivity contribution in [2.24, 2.45) is 0 Å². The zero-order valence-electron chi connectivity index (χ0n) is 16.0. The molecule has 5 heteroatoms. The van der Waals surface area contributed by atoms with E-state index in [1.54, 1.807) is 15.9 Å². The van der Waals surface area contributed by atoms with Gasteiger partial charge in [-0.15, -0.1) is 11.3 Å². The highest BCUT2D eigenvalue weighted by Crippen LogP contribution is 2.27. The van der Waals surface area contributed by atoms with Crippen LogP contribution >= 0.6 is 11.3 Å². The molecule has 0 aliphatic carbocycles. The first-order chi connectivity index (χ1) is 13.6. The summed E-state index contributed by atoms with van der Waals surface area (Å²) >= 11 is 1.58. The van der Waals surface area contributed by atoms with Gasteiger partial charge < -0.3 is 0 Å². The fraction of sp³-hybridized carbons (Fsp3) is 0.261. The summed E-state index contributed by atoms with van der Waals surface area (Å²) in [6.45, 7) is 4.54. The van der Waals surface area contributed by atoms with Crippen LogP contribution in [0.1, 0.15) is 34.7 Å². The van der Waals surface area contributed by atoms with Gasteiger partial charge in [0.1, 0.15) is 10.7 Å². The first-order valence-electron chi connectivity index (χ1n) is 9.43. The lowest BCUT2D eigenvalue weighted by Crippen LogP contribution is -2.25. The number of aryl methyl sites for hydroxylation is 2. The van der Waals surface area contributed by atoms with Gasteiger partial charge in [0.15, 0.2) is 0 Å². The van der Waals surface area contributed by atoms with E-state index in [2.05, 4.69) is 30.3 Å². The smallest absolute Gasteiger partial charge is 0.262 e. The fourth-order valence-corrected chi connectivity index (χ4v) is 4.71. The molecule has 0 amide bonds. The molecule has 2 heterocycles. The van der Waals surface area contributed by atoms with Crippen LogP contribution in [0.5, 0.6) is 0 Å². The molecule has 0 radical (unpaired) electrons. The number of hydrogen-bond donors (Lipinski definition) is 0. The van der Waals surface area contributed by atoms with Crippen LogP contribution in [0.3, 0.4) is 0 Å². The van der Waals surface area contributed by atoms with Crippen molar-refractivity contribution in [1.29, 1.82) is 5.26 Å². The molecule has 4 aromatic rings. The van der Waals surface area contributed by atoms with E-state index in [0.717, 1.165) is 32.0 Å². The summed E-state index contributed by atoms with van der Waals surface area (Å²) in [4.78, 5) is 20.1. The zero-order valence-corrected chi connectivity index (χ0v) is 16.8. The van der Waals surface area contributed by atoms with Crippen LogP contribution in [0.15, 0.2) is 47.3 Å². The molecule has 0 spiro atoms. The number of nitrogens with zero attached hydrogens (tertiary/aromatic N) is 3. The van der Waals surface area contributed by atoms with E-state index in [-0.39, 0.29) is 5.56 Å². The number of unbranched alkanes of at least 4 members (excludes halogenated alkanes) is 1. The van der Waals surface area contributed by atoms with Gasteiger partial charge >= 0.3 is 0 Å². The van der Waals surface area contributed by atoms with Gasteiger partial charge in [-0.1, -0.05) is 42.5 Å². The Hall–Kier alpha value is -2.97. The highest BCUT2D eigenvalue weighted by atomic mass is 32.1. The molecule has 0 unspecified atom stereocenters. The minimum atomic E-state index is 0.0139. The molecule has 0 bridgehead atoms. The highest BCUT2D eigenvalue weighted by molar-refractivity contribution is 7.18. The molecular weight excluding hydrogens is 366 g/mol. The quantitative estimate of drug-likeness (QED) is 0.446. The van der Waals surface area contributed by atoms with Crippen LogP contribution in [0.4, 0.5) is 0 Å². The Morgan fingerprint density at radius 2 is 1.93 bits per heavy atom. The lowest BCUT2D eigenvalue weighted by Gasteiger charge is -2.13. The third kappa shape index (κ3) is 3.21. The molecule has 140 valence electrons. The molecule has 2 aromatic carbocycles. The van der Waals surface area contributed by atoms with Gasteiger partial charge in [-0.25, -0.2) is 4.98 Å². The summed E-state index contributed by atoms with van der Waals surface area (Å²) in [5.74, 6) is 0.771. The van der Waals surface area contributed by atoms with Gasteiger partial charge in [0.2, 0.25) is 0 Å². The number of hydrogen-bond acceptors (Lipinski definition) is 4. The van der Waals surface area contributed by atoms with Crippen LogP contribution in [0.25, 0.3) is 21.0 Å². The summed E-state index contributed by atoms with van der Waals surface area (Å²) in [6.07, 6.45) is 1.67. The van der Waals surface area contributed by atoms with Gasteiger partial charge in [-0.2, -0.15) is 5.26 Å². The van der Waals surface area contributed by atoms with Crippen molar-refractivity contribution < 1.29 is 0 Å². The normalized spacial score (nSPS) is 11.2. The van der Waals surface area contributed by atoms with E-state index in [4.69, 9.17) is 10.2 Å². The molecule has 2 aromatic heterocycles. The number of rotatable bonds is 5. The van der Waals surface area contributed by atoms with Crippen molar-refractivity contribution in [2.75, 3.05) is 0 Å². The largest absolute Gasteiger partial charge is 0.296 e. The van der Waals surface area contributed by atoms with Crippen LogP contribution in [-0.4, -0.2) is 9.55 Å². The Morgan fingerprint density at radius 3 is 2.75 bits per heavy atom. The van der Waals surface area contributed by atoms with E-state index in [1.807, 2.05) is 32.0 Å². The second kappa shape index (κ2) is 7.57. The molecular formula is C23H21N3OS. The summed E-state index contributed by atoms with van der Waals surface area (Å²) < 4.78 is 1.78. The molecule has 0 aliphatic rings. The predicted molar refractivity (Wildman–Crippen MR) is 115 cm³/mol. The van der Waals surface area contributed by atoms with E-state index in [0.29, 0.717) is 25.8 Å². The maximum atomic E-state index is 13.3. The van der Waals surface area contributed by atoms with Gasteiger partial charge in [-0.05, 0) is 42.2 Å².